The molecule has 162 valence electrons. The van der Waals surface area contributed by atoms with Gasteiger partial charge < -0.3 is 5.32 Å². The molecule has 0 saturated heterocycles. The zero-order valence-electron chi connectivity index (χ0n) is 15.9. The van der Waals surface area contributed by atoms with Crippen molar-refractivity contribution in [1.29, 1.82) is 0 Å². The van der Waals surface area contributed by atoms with Crippen molar-refractivity contribution in [1.82, 2.24) is 14.3 Å². The third-order valence-corrected chi connectivity index (χ3v) is 6.22. The van der Waals surface area contributed by atoms with Crippen molar-refractivity contribution >= 4 is 33.4 Å². The summed E-state index contributed by atoms with van der Waals surface area (Å²) < 4.78 is 55.4. The van der Waals surface area contributed by atoms with E-state index < -0.39 is 40.3 Å². The quantitative estimate of drug-likeness (QED) is 0.500. The number of rotatable bonds is 8. The van der Waals surface area contributed by atoms with Gasteiger partial charge in [-0.05, 0) is 41.3 Å². The van der Waals surface area contributed by atoms with E-state index >= 15 is 0 Å². The minimum Gasteiger partial charge on any atom is -0.338 e. The predicted molar refractivity (Wildman–Crippen MR) is 111 cm³/mol. The van der Waals surface area contributed by atoms with Crippen LogP contribution in [0.15, 0.2) is 65.4 Å². The minimum absolute atomic E-state index is 0.158. The Balaban J connectivity index is 1.79. The summed E-state index contributed by atoms with van der Waals surface area (Å²) in [5.74, 6) is -2.94. The predicted octanol–water partition coefficient (Wildman–Crippen LogP) is 2.89. The fourth-order valence-corrected chi connectivity index (χ4v) is 4.22. The van der Waals surface area contributed by atoms with Crippen LogP contribution in [0.5, 0.6) is 0 Å². The van der Waals surface area contributed by atoms with Crippen molar-refractivity contribution < 1.29 is 26.8 Å². The molecule has 0 aliphatic carbocycles. The lowest BCUT2D eigenvalue weighted by Gasteiger charge is -2.23. The molecule has 0 radical (unpaired) electrons. The second kappa shape index (κ2) is 9.77. The zero-order valence-corrected chi connectivity index (χ0v) is 17.6. The van der Waals surface area contributed by atoms with Crippen molar-refractivity contribution in [3.8, 4) is 0 Å². The fourth-order valence-electron chi connectivity index (χ4n) is 2.55. The lowest BCUT2D eigenvalue weighted by Crippen LogP contribution is -2.47. The molecule has 3 aromatic rings. The number of nitrogens with zero attached hydrogens (tertiary/aromatic N) is 1. The van der Waals surface area contributed by atoms with E-state index in [1.807, 2.05) is 4.72 Å². The molecule has 1 heterocycles. The Hall–Kier alpha value is -3.15. The van der Waals surface area contributed by atoms with Gasteiger partial charge in [-0.3, -0.25) is 9.59 Å². The van der Waals surface area contributed by atoms with Crippen LogP contribution >= 0.6 is 11.3 Å². The number of hydrogen-bond acceptors (Lipinski definition) is 5. The molecule has 0 bridgehead atoms. The van der Waals surface area contributed by atoms with Gasteiger partial charge in [0, 0.05) is 11.9 Å². The molecule has 0 saturated carbocycles. The molecule has 0 aliphatic rings. The van der Waals surface area contributed by atoms with Gasteiger partial charge in [0.25, 0.3) is 11.8 Å². The van der Waals surface area contributed by atoms with E-state index in [0.717, 1.165) is 22.5 Å². The van der Waals surface area contributed by atoms with E-state index in [9.17, 15) is 26.8 Å². The summed E-state index contributed by atoms with van der Waals surface area (Å²) in [6.45, 7) is -0.832. The zero-order chi connectivity index (χ0) is 22.4. The summed E-state index contributed by atoms with van der Waals surface area (Å²) in [7, 11) is -4.41. The highest BCUT2D eigenvalue weighted by molar-refractivity contribution is 7.87. The molecular formula is C20H17F2N3O4S2. The Morgan fingerprint density at radius 1 is 0.968 bits per heavy atom. The molecule has 7 nitrogen and oxygen atoms in total. The molecule has 0 aliphatic heterocycles. The number of thiophene rings is 1. The number of amides is 2. The van der Waals surface area contributed by atoms with Crippen LogP contribution in [0.2, 0.25) is 0 Å². The lowest BCUT2D eigenvalue weighted by atomic mass is 10.2. The summed E-state index contributed by atoms with van der Waals surface area (Å²) in [5, 5.41) is 5.43. The van der Waals surface area contributed by atoms with E-state index in [1.165, 1.54) is 53.1 Å². The maximum atomic E-state index is 13.8. The van der Waals surface area contributed by atoms with E-state index in [2.05, 4.69) is 5.32 Å². The van der Waals surface area contributed by atoms with Gasteiger partial charge in [-0.25, -0.2) is 13.5 Å². The first-order chi connectivity index (χ1) is 14.8. The molecule has 1 aromatic heterocycles. The normalized spacial score (nSPS) is 11.3. The third-order valence-electron chi connectivity index (χ3n) is 4.15. The van der Waals surface area contributed by atoms with Crippen molar-refractivity contribution in [2.24, 2.45) is 0 Å². The topological polar surface area (TPSA) is 95.6 Å². The average molecular weight is 466 g/mol. The number of nitrogens with one attached hydrogen (secondary N) is 2. The van der Waals surface area contributed by atoms with Crippen LogP contribution in [-0.2, 0) is 16.8 Å². The highest BCUT2D eigenvalue weighted by atomic mass is 32.2. The summed E-state index contributed by atoms with van der Waals surface area (Å²) in [6.07, 6.45) is 0. The summed E-state index contributed by atoms with van der Waals surface area (Å²) in [6, 6.07) is 11.7. The van der Waals surface area contributed by atoms with Gasteiger partial charge in [0.05, 0.1) is 17.8 Å². The first kappa shape index (κ1) is 22.5. The first-order valence-electron chi connectivity index (χ1n) is 8.88. The average Bonchev–Trinajstić information content (AvgIpc) is 3.27. The lowest BCUT2D eigenvalue weighted by molar-refractivity contribution is 0.0935. The van der Waals surface area contributed by atoms with Crippen molar-refractivity contribution in [2.75, 3.05) is 6.67 Å². The van der Waals surface area contributed by atoms with Crippen LogP contribution < -0.4 is 10.0 Å². The number of carbonyl (C=O) groups excluding carboxylic acids is 2. The summed E-state index contributed by atoms with van der Waals surface area (Å²) >= 11 is 1.22. The highest BCUT2D eigenvalue weighted by Crippen LogP contribution is 2.12. The molecule has 0 fully saturated rings. The molecule has 0 atom stereocenters. The number of hydrogen-bond donors (Lipinski definition) is 2. The van der Waals surface area contributed by atoms with E-state index in [1.54, 1.807) is 5.38 Å². The van der Waals surface area contributed by atoms with Crippen LogP contribution in [0.25, 0.3) is 0 Å². The van der Waals surface area contributed by atoms with Crippen LogP contribution in [0.1, 0.15) is 26.3 Å². The van der Waals surface area contributed by atoms with Gasteiger partial charge in [0.15, 0.2) is 0 Å². The van der Waals surface area contributed by atoms with Gasteiger partial charge in [0.2, 0.25) is 0 Å². The third kappa shape index (κ3) is 5.94. The molecule has 2 N–H and O–H groups in total. The van der Waals surface area contributed by atoms with Crippen LogP contribution in [0.4, 0.5) is 8.78 Å². The van der Waals surface area contributed by atoms with Crippen LogP contribution in [0.3, 0.4) is 0 Å². The van der Waals surface area contributed by atoms with Gasteiger partial charge >= 0.3 is 10.2 Å². The van der Waals surface area contributed by atoms with Gasteiger partial charge in [-0.1, -0.05) is 24.3 Å². The molecule has 0 unspecified atom stereocenters. The summed E-state index contributed by atoms with van der Waals surface area (Å²) in [4.78, 5) is 24.5. The van der Waals surface area contributed by atoms with Crippen molar-refractivity contribution in [2.45, 2.75) is 6.54 Å². The van der Waals surface area contributed by atoms with Gasteiger partial charge in [-0.15, -0.1) is 0 Å². The van der Waals surface area contributed by atoms with Gasteiger partial charge in [-0.2, -0.15) is 24.1 Å². The van der Waals surface area contributed by atoms with E-state index in [0.29, 0.717) is 5.56 Å². The van der Waals surface area contributed by atoms with Crippen LogP contribution in [0, 0.1) is 11.6 Å². The van der Waals surface area contributed by atoms with Crippen molar-refractivity contribution in [3.63, 3.8) is 0 Å². The standard InChI is InChI=1S/C20H17F2N3O4S2/c21-16-7-5-14(6-8-16)11-25(13-23-20(27)17-3-1-2-4-18(17)22)31(28,29)24-19(26)15-9-10-30-12-15/h1-10,12H,11,13H2,(H,23,27)(H,24,26). The molecule has 31 heavy (non-hydrogen) atoms. The van der Waals surface area contributed by atoms with Crippen molar-refractivity contribution in [3.05, 3.63) is 93.7 Å². The number of carbonyl (C=O) groups is 2. The molecule has 2 amide bonds. The van der Waals surface area contributed by atoms with E-state index in [-0.39, 0.29) is 17.7 Å². The smallest absolute Gasteiger partial charge is 0.305 e. The molecular weight excluding hydrogens is 448 g/mol. The second-order valence-electron chi connectivity index (χ2n) is 6.33. The number of benzene rings is 2. The molecule has 3 rings (SSSR count). The van der Waals surface area contributed by atoms with Gasteiger partial charge in [0.1, 0.15) is 11.6 Å². The Morgan fingerprint density at radius 2 is 1.68 bits per heavy atom. The maximum absolute atomic E-state index is 13.8. The van der Waals surface area contributed by atoms with E-state index in [4.69, 9.17) is 0 Å². The summed E-state index contributed by atoms with van der Waals surface area (Å²) in [5.41, 5.74) is 0.310. The largest absolute Gasteiger partial charge is 0.338 e. The molecule has 0 spiro atoms. The Morgan fingerprint density at radius 3 is 2.32 bits per heavy atom. The highest BCUT2D eigenvalue weighted by Gasteiger charge is 2.26. The maximum Gasteiger partial charge on any atom is 0.305 e. The number of halogens is 2. The Labute approximate surface area is 181 Å². The molecule has 11 heteroatoms. The monoisotopic (exact) mass is 465 g/mol. The Bertz CT molecular complexity index is 1170. The molecule has 2 aromatic carbocycles. The minimum atomic E-state index is -4.41. The SMILES string of the molecule is O=C(NS(=O)(=O)N(CNC(=O)c1ccccc1F)Cc1ccc(F)cc1)c1ccsc1. The second-order valence-corrected chi connectivity index (χ2v) is 8.78. The first-order valence-corrected chi connectivity index (χ1v) is 11.3. The fraction of sp³-hybridized carbons (Fsp3) is 0.100. The Kier molecular flexibility index (Phi) is 7.10. The van der Waals surface area contributed by atoms with Crippen LogP contribution in [-0.4, -0.2) is 31.2 Å².